The Labute approximate surface area is 222 Å². The van der Waals surface area contributed by atoms with E-state index in [4.69, 9.17) is 35.6 Å². The summed E-state index contributed by atoms with van der Waals surface area (Å²) in [6.07, 6.45) is 2.76. The number of aryl methyl sites for hydroxylation is 2. The van der Waals surface area contributed by atoms with Gasteiger partial charge < -0.3 is 29.3 Å². The third kappa shape index (κ3) is 5.18. The fourth-order valence-electron chi connectivity index (χ4n) is 5.21. The molecule has 2 N–H and O–H groups in total. The Morgan fingerprint density at radius 1 is 1.22 bits per heavy atom. The SMILES string of the molecule is CNCC(O)COc1ccc(Cl)c(-c2nc(-c3c(C)noc3C)c(C)c(N3CC4(CCCCO4)C3)n2)c1. The number of aromatic nitrogens is 3. The standard InChI is InChI=1S/C27H34ClN5O4/c1-16-24(23-17(2)32-37-18(23)3)30-25(31-26(16)33-14-27(15-33)9-5-6-10-36-27)21-11-20(7-8-22(21)28)35-13-19(34)12-29-4/h7-8,11,19,29,34H,5-6,9-10,12-15H2,1-4H3. The van der Waals surface area contributed by atoms with Crippen LogP contribution in [0.5, 0.6) is 5.75 Å². The van der Waals surface area contributed by atoms with Gasteiger partial charge in [-0.25, -0.2) is 9.97 Å². The number of benzene rings is 1. The molecule has 10 heteroatoms. The average molecular weight is 528 g/mol. The minimum Gasteiger partial charge on any atom is -0.491 e. The van der Waals surface area contributed by atoms with Crippen LogP contribution in [0.25, 0.3) is 22.6 Å². The number of nitrogens with zero attached hydrogens (tertiary/aromatic N) is 4. The van der Waals surface area contributed by atoms with Crippen LogP contribution in [0.3, 0.4) is 0 Å². The number of hydrogen-bond acceptors (Lipinski definition) is 9. The highest BCUT2D eigenvalue weighted by molar-refractivity contribution is 6.33. The van der Waals surface area contributed by atoms with Crippen LogP contribution < -0.4 is 15.0 Å². The lowest BCUT2D eigenvalue weighted by Crippen LogP contribution is -2.64. The van der Waals surface area contributed by atoms with Crippen molar-refractivity contribution in [2.24, 2.45) is 0 Å². The summed E-state index contributed by atoms with van der Waals surface area (Å²) in [6, 6.07) is 5.37. The van der Waals surface area contributed by atoms with Crippen molar-refractivity contribution < 1.29 is 19.1 Å². The lowest BCUT2D eigenvalue weighted by Gasteiger charge is -2.52. The first kappa shape index (κ1) is 25.9. The summed E-state index contributed by atoms with van der Waals surface area (Å²) in [5, 5.41) is 17.6. The molecule has 2 aromatic heterocycles. The summed E-state index contributed by atoms with van der Waals surface area (Å²) in [4.78, 5) is 12.2. The number of aliphatic hydroxyl groups is 1. The molecule has 9 nitrogen and oxygen atoms in total. The topological polar surface area (TPSA) is 106 Å². The fraction of sp³-hybridized carbons (Fsp3) is 0.519. The molecule has 2 aliphatic rings. The van der Waals surface area contributed by atoms with E-state index >= 15 is 0 Å². The molecular formula is C27H34ClN5O4. The molecular weight excluding hydrogens is 494 g/mol. The fourth-order valence-corrected chi connectivity index (χ4v) is 5.41. The predicted octanol–water partition coefficient (Wildman–Crippen LogP) is 4.10. The first-order valence-corrected chi connectivity index (χ1v) is 13.1. The van der Waals surface area contributed by atoms with E-state index < -0.39 is 6.10 Å². The molecule has 5 rings (SSSR count). The molecule has 4 heterocycles. The largest absolute Gasteiger partial charge is 0.491 e. The average Bonchev–Trinajstić information content (AvgIpc) is 3.20. The first-order chi connectivity index (χ1) is 17.8. The van der Waals surface area contributed by atoms with Crippen LogP contribution in [-0.2, 0) is 4.74 Å². The van der Waals surface area contributed by atoms with Crippen molar-refractivity contribution in [2.45, 2.75) is 51.7 Å². The zero-order valence-electron chi connectivity index (χ0n) is 21.8. The van der Waals surface area contributed by atoms with Crippen LogP contribution in [0, 0.1) is 20.8 Å². The molecule has 3 aromatic rings. The van der Waals surface area contributed by atoms with Crippen molar-refractivity contribution in [1.29, 1.82) is 0 Å². The van der Waals surface area contributed by atoms with Crippen molar-refractivity contribution in [2.75, 3.05) is 44.8 Å². The third-order valence-corrected chi connectivity index (χ3v) is 7.47. The second kappa shape index (κ2) is 10.6. The maximum absolute atomic E-state index is 10.0. The number of aliphatic hydroxyl groups excluding tert-OH is 1. The van der Waals surface area contributed by atoms with E-state index in [0.29, 0.717) is 34.5 Å². The van der Waals surface area contributed by atoms with Gasteiger partial charge in [0.1, 0.15) is 35.6 Å². The normalized spacial score (nSPS) is 17.6. The van der Waals surface area contributed by atoms with E-state index in [9.17, 15) is 5.11 Å². The van der Waals surface area contributed by atoms with Crippen molar-refractivity contribution >= 4 is 17.4 Å². The van der Waals surface area contributed by atoms with Crippen LogP contribution in [0.1, 0.15) is 36.3 Å². The maximum Gasteiger partial charge on any atom is 0.163 e. The van der Waals surface area contributed by atoms with Gasteiger partial charge in [0.15, 0.2) is 5.82 Å². The number of anilines is 1. The number of likely N-dealkylation sites (N-methyl/N-ethyl adjacent to an activating group) is 1. The predicted molar refractivity (Wildman–Crippen MR) is 142 cm³/mol. The number of ether oxygens (including phenoxy) is 2. The highest BCUT2D eigenvalue weighted by Crippen LogP contribution is 2.41. The van der Waals surface area contributed by atoms with Gasteiger partial charge in [-0.1, -0.05) is 16.8 Å². The van der Waals surface area contributed by atoms with Crippen LogP contribution in [0.15, 0.2) is 22.7 Å². The van der Waals surface area contributed by atoms with Crippen molar-refractivity contribution in [1.82, 2.24) is 20.4 Å². The number of rotatable bonds is 8. The molecule has 0 aliphatic carbocycles. The van der Waals surface area contributed by atoms with Gasteiger partial charge in [0.2, 0.25) is 0 Å². The van der Waals surface area contributed by atoms with E-state index in [1.54, 1.807) is 19.2 Å². The first-order valence-electron chi connectivity index (χ1n) is 12.8. The van der Waals surface area contributed by atoms with Crippen LogP contribution >= 0.6 is 11.6 Å². The summed E-state index contributed by atoms with van der Waals surface area (Å²) < 4.78 is 17.5. The van der Waals surface area contributed by atoms with Crippen molar-refractivity contribution in [3.05, 3.63) is 40.2 Å². The van der Waals surface area contributed by atoms with E-state index in [1.807, 2.05) is 26.8 Å². The van der Waals surface area contributed by atoms with Gasteiger partial charge in [-0.3, -0.25) is 0 Å². The van der Waals surface area contributed by atoms with Crippen LogP contribution in [0.4, 0.5) is 5.82 Å². The maximum atomic E-state index is 10.0. The molecule has 0 bridgehead atoms. The Kier molecular flexibility index (Phi) is 7.40. The van der Waals surface area contributed by atoms with Gasteiger partial charge in [0.25, 0.3) is 0 Å². The van der Waals surface area contributed by atoms with Crippen LogP contribution in [0.2, 0.25) is 5.02 Å². The lowest BCUT2D eigenvalue weighted by atomic mass is 9.86. The monoisotopic (exact) mass is 527 g/mol. The van der Waals surface area contributed by atoms with Crippen molar-refractivity contribution in [3.8, 4) is 28.4 Å². The molecule has 198 valence electrons. The minimum absolute atomic E-state index is 0.0847. The summed E-state index contributed by atoms with van der Waals surface area (Å²) in [5.74, 6) is 2.63. The van der Waals surface area contributed by atoms with Gasteiger partial charge in [0.05, 0.1) is 35.1 Å². The molecule has 0 radical (unpaired) electrons. The molecule has 2 saturated heterocycles. The Morgan fingerprint density at radius 2 is 2.03 bits per heavy atom. The molecule has 2 fully saturated rings. The number of halogens is 1. The quantitative estimate of drug-likeness (QED) is 0.448. The molecule has 1 atom stereocenters. The van der Waals surface area contributed by atoms with Gasteiger partial charge in [0, 0.05) is 24.3 Å². The summed E-state index contributed by atoms with van der Waals surface area (Å²) in [6.45, 7) is 8.85. The van der Waals surface area contributed by atoms with Crippen molar-refractivity contribution in [3.63, 3.8) is 0 Å². The molecule has 37 heavy (non-hydrogen) atoms. The minimum atomic E-state index is -0.627. The van der Waals surface area contributed by atoms with Gasteiger partial charge in [-0.2, -0.15) is 0 Å². The summed E-state index contributed by atoms with van der Waals surface area (Å²) in [7, 11) is 1.78. The molecule has 1 aromatic carbocycles. The zero-order chi connectivity index (χ0) is 26.2. The van der Waals surface area contributed by atoms with E-state index in [1.165, 1.54) is 6.42 Å². The van der Waals surface area contributed by atoms with Crippen LogP contribution in [-0.4, -0.2) is 71.8 Å². The lowest BCUT2D eigenvalue weighted by molar-refractivity contribution is -0.0951. The van der Waals surface area contributed by atoms with Gasteiger partial charge >= 0.3 is 0 Å². The molecule has 0 amide bonds. The second-order valence-corrected chi connectivity index (χ2v) is 10.5. The summed E-state index contributed by atoms with van der Waals surface area (Å²) in [5.41, 5.74) is 3.94. The van der Waals surface area contributed by atoms with E-state index in [0.717, 1.165) is 60.9 Å². The highest BCUT2D eigenvalue weighted by atomic mass is 35.5. The second-order valence-electron chi connectivity index (χ2n) is 10.1. The highest BCUT2D eigenvalue weighted by Gasteiger charge is 2.46. The van der Waals surface area contributed by atoms with E-state index in [2.05, 4.69) is 15.4 Å². The Balaban J connectivity index is 1.54. The van der Waals surface area contributed by atoms with E-state index in [-0.39, 0.29) is 12.2 Å². The molecule has 1 spiro atoms. The Morgan fingerprint density at radius 3 is 2.70 bits per heavy atom. The number of hydrogen-bond donors (Lipinski definition) is 2. The summed E-state index contributed by atoms with van der Waals surface area (Å²) >= 11 is 6.66. The Hall–Kier alpha value is -2.72. The molecule has 2 aliphatic heterocycles. The third-order valence-electron chi connectivity index (χ3n) is 7.14. The molecule has 0 saturated carbocycles. The van der Waals surface area contributed by atoms with Gasteiger partial charge in [-0.05, 0) is 65.3 Å². The molecule has 1 unspecified atom stereocenters. The van der Waals surface area contributed by atoms with Gasteiger partial charge in [-0.15, -0.1) is 0 Å². The zero-order valence-corrected chi connectivity index (χ0v) is 22.6. The smallest absolute Gasteiger partial charge is 0.163 e. The number of nitrogens with one attached hydrogen (secondary N) is 1. The Bertz CT molecular complexity index is 1250.